The molecule has 37 heavy (non-hydrogen) atoms. The van der Waals surface area contributed by atoms with E-state index in [1.165, 1.54) is 0 Å². The van der Waals surface area contributed by atoms with Crippen molar-refractivity contribution in [1.82, 2.24) is 0 Å². The fourth-order valence-corrected chi connectivity index (χ4v) is 4.35. The zero-order valence-electron chi connectivity index (χ0n) is 20.1. The van der Waals surface area contributed by atoms with Gasteiger partial charge in [0.1, 0.15) is 5.82 Å². The number of aryl methyl sites for hydroxylation is 2. The van der Waals surface area contributed by atoms with Crippen LogP contribution in [-0.4, -0.2) is 19.6 Å². The third-order valence-corrected chi connectivity index (χ3v) is 6.23. The van der Waals surface area contributed by atoms with Crippen molar-refractivity contribution in [3.8, 4) is 5.75 Å². The number of benzene rings is 3. The maximum absolute atomic E-state index is 15.2. The fourth-order valence-electron chi connectivity index (χ4n) is 4.35. The third kappa shape index (κ3) is 6.84. The lowest BCUT2D eigenvalue weighted by Crippen LogP contribution is -2.27. The van der Waals surface area contributed by atoms with E-state index >= 15 is 4.39 Å². The first-order valence-electron chi connectivity index (χ1n) is 11.9. The standard InChI is InChI=1S/C28H26F6O3/c1-2-3-4-5-18-15-35-27(36-16-18)21-10-11-22-20(14-21)9-8-19(25(22)31)7-6-17-12-23(29)26(24(30)13-17)37-28(32,33)34/h2-3,8-14,18,27H,4-7,15-16H2,1H3/b3-2+. The van der Waals surface area contributed by atoms with Crippen LogP contribution in [0.2, 0.25) is 0 Å². The molecule has 9 heteroatoms. The van der Waals surface area contributed by atoms with Crippen LogP contribution < -0.4 is 4.74 Å². The summed E-state index contributed by atoms with van der Waals surface area (Å²) in [5.41, 5.74) is 1.17. The first-order valence-corrected chi connectivity index (χ1v) is 11.9. The van der Waals surface area contributed by atoms with E-state index in [2.05, 4.69) is 10.8 Å². The number of rotatable bonds is 8. The van der Waals surface area contributed by atoms with Gasteiger partial charge in [-0.15, -0.1) is 13.2 Å². The molecule has 4 rings (SSSR count). The second-order valence-electron chi connectivity index (χ2n) is 8.97. The second kappa shape index (κ2) is 11.6. The van der Waals surface area contributed by atoms with Gasteiger partial charge in [0.25, 0.3) is 0 Å². The molecule has 0 radical (unpaired) electrons. The molecule has 0 atom stereocenters. The summed E-state index contributed by atoms with van der Waals surface area (Å²) < 4.78 is 95.3. The van der Waals surface area contributed by atoms with Gasteiger partial charge in [-0.05, 0) is 67.3 Å². The monoisotopic (exact) mass is 524 g/mol. The molecule has 1 aliphatic rings. The van der Waals surface area contributed by atoms with Crippen LogP contribution in [-0.2, 0) is 22.3 Å². The van der Waals surface area contributed by atoms with Crippen LogP contribution in [0.3, 0.4) is 0 Å². The molecule has 0 saturated carbocycles. The average molecular weight is 525 g/mol. The van der Waals surface area contributed by atoms with Gasteiger partial charge in [-0.25, -0.2) is 13.2 Å². The maximum Gasteiger partial charge on any atom is 0.573 e. The fraction of sp³-hybridized carbons (Fsp3) is 0.357. The summed E-state index contributed by atoms with van der Waals surface area (Å²) in [6, 6.07) is 10.0. The summed E-state index contributed by atoms with van der Waals surface area (Å²) in [7, 11) is 0. The highest BCUT2D eigenvalue weighted by Gasteiger charge is 2.34. The van der Waals surface area contributed by atoms with Crippen LogP contribution in [0.4, 0.5) is 26.3 Å². The van der Waals surface area contributed by atoms with Crippen molar-refractivity contribution >= 4 is 10.8 Å². The Kier molecular flexibility index (Phi) is 8.44. The first-order chi connectivity index (χ1) is 17.6. The molecule has 3 aromatic rings. The second-order valence-corrected chi connectivity index (χ2v) is 8.97. The van der Waals surface area contributed by atoms with Crippen molar-refractivity contribution in [3.05, 3.63) is 88.8 Å². The van der Waals surface area contributed by atoms with Gasteiger partial charge < -0.3 is 14.2 Å². The molecule has 0 bridgehead atoms. The Labute approximate surface area is 210 Å². The van der Waals surface area contributed by atoms with Crippen molar-refractivity contribution in [2.24, 2.45) is 5.92 Å². The Morgan fingerprint density at radius 3 is 2.30 bits per heavy atom. The Hall–Kier alpha value is -3.04. The SMILES string of the molecule is C/C=C/CCC1COC(c2ccc3c(F)c(CCc4cc(F)c(OC(F)(F)F)c(F)c4)ccc3c2)OC1. The van der Waals surface area contributed by atoms with Gasteiger partial charge in [-0.1, -0.05) is 36.4 Å². The van der Waals surface area contributed by atoms with Gasteiger partial charge in [-0.2, -0.15) is 0 Å². The summed E-state index contributed by atoms with van der Waals surface area (Å²) in [6.45, 7) is 3.15. The summed E-state index contributed by atoms with van der Waals surface area (Å²) in [4.78, 5) is 0. The van der Waals surface area contributed by atoms with E-state index in [9.17, 15) is 22.0 Å². The van der Waals surface area contributed by atoms with Crippen LogP contribution >= 0.6 is 0 Å². The third-order valence-electron chi connectivity index (χ3n) is 6.23. The molecule has 1 fully saturated rings. The van der Waals surface area contributed by atoms with Crippen LogP contribution in [0.15, 0.2) is 54.6 Å². The number of alkyl halides is 3. The summed E-state index contributed by atoms with van der Waals surface area (Å²) in [6.07, 6.45) is 0.426. The zero-order chi connectivity index (χ0) is 26.6. The molecule has 0 unspecified atom stereocenters. The molecule has 1 saturated heterocycles. The van der Waals surface area contributed by atoms with Gasteiger partial charge in [0.15, 0.2) is 17.9 Å². The number of halogens is 6. The Morgan fingerprint density at radius 2 is 1.65 bits per heavy atom. The van der Waals surface area contributed by atoms with E-state index in [-0.39, 0.29) is 18.4 Å². The Bertz CT molecular complexity index is 1240. The quantitative estimate of drug-likeness (QED) is 0.221. The normalized spacial score (nSPS) is 18.6. The van der Waals surface area contributed by atoms with E-state index < -0.39 is 35.9 Å². The van der Waals surface area contributed by atoms with Gasteiger partial charge in [0.05, 0.1) is 13.2 Å². The van der Waals surface area contributed by atoms with Crippen molar-refractivity contribution in [2.45, 2.75) is 45.3 Å². The van der Waals surface area contributed by atoms with E-state index in [4.69, 9.17) is 9.47 Å². The van der Waals surface area contributed by atoms with Gasteiger partial charge in [0.2, 0.25) is 5.75 Å². The Morgan fingerprint density at radius 1 is 0.946 bits per heavy atom. The molecule has 3 nitrogen and oxygen atoms in total. The number of hydrogen-bond acceptors (Lipinski definition) is 3. The molecular formula is C28H26F6O3. The van der Waals surface area contributed by atoms with Crippen molar-refractivity contribution in [3.63, 3.8) is 0 Å². The first kappa shape index (κ1) is 27.0. The van der Waals surface area contributed by atoms with Gasteiger partial charge in [-0.3, -0.25) is 0 Å². The van der Waals surface area contributed by atoms with E-state index in [1.807, 2.05) is 13.0 Å². The molecular weight excluding hydrogens is 498 g/mol. The predicted molar refractivity (Wildman–Crippen MR) is 127 cm³/mol. The molecule has 0 amide bonds. The average Bonchev–Trinajstić information content (AvgIpc) is 2.86. The van der Waals surface area contributed by atoms with Crippen LogP contribution in [0.5, 0.6) is 5.75 Å². The summed E-state index contributed by atoms with van der Waals surface area (Å²) in [5.74, 6) is -4.62. The van der Waals surface area contributed by atoms with Gasteiger partial charge in [0, 0.05) is 16.9 Å². The highest BCUT2D eigenvalue weighted by molar-refractivity contribution is 5.84. The predicted octanol–water partition coefficient (Wildman–Crippen LogP) is 7.96. The highest BCUT2D eigenvalue weighted by Crippen LogP contribution is 2.32. The van der Waals surface area contributed by atoms with Gasteiger partial charge >= 0.3 is 6.36 Å². The molecule has 1 aliphatic heterocycles. The minimum absolute atomic E-state index is 0.0135. The number of fused-ring (bicyclic) bond motifs is 1. The summed E-state index contributed by atoms with van der Waals surface area (Å²) in [5, 5.41) is 1.01. The summed E-state index contributed by atoms with van der Waals surface area (Å²) >= 11 is 0. The molecule has 3 aromatic carbocycles. The Balaban J connectivity index is 1.42. The number of ether oxygens (including phenoxy) is 3. The lowest BCUT2D eigenvalue weighted by molar-refractivity contribution is -0.276. The van der Waals surface area contributed by atoms with Crippen molar-refractivity contribution in [1.29, 1.82) is 0 Å². The molecule has 0 aromatic heterocycles. The van der Waals surface area contributed by atoms with E-state index in [0.29, 0.717) is 35.5 Å². The topological polar surface area (TPSA) is 27.7 Å². The maximum atomic E-state index is 15.2. The lowest BCUT2D eigenvalue weighted by atomic mass is 9.98. The number of hydrogen-bond donors (Lipinski definition) is 0. The van der Waals surface area contributed by atoms with E-state index in [0.717, 1.165) is 30.5 Å². The van der Waals surface area contributed by atoms with Crippen molar-refractivity contribution in [2.75, 3.05) is 13.2 Å². The molecule has 1 heterocycles. The molecule has 0 aliphatic carbocycles. The largest absolute Gasteiger partial charge is 0.573 e. The van der Waals surface area contributed by atoms with Crippen LogP contribution in [0.25, 0.3) is 10.8 Å². The van der Waals surface area contributed by atoms with Crippen LogP contribution in [0, 0.1) is 23.4 Å². The van der Waals surface area contributed by atoms with E-state index in [1.54, 1.807) is 30.3 Å². The van der Waals surface area contributed by atoms with Crippen LogP contribution in [0.1, 0.15) is 42.7 Å². The lowest BCUT2D eigenvalue weighted by Gasteiger charge is -2.29. The van der Waals surface area contributed by atoms with Crippen molar-refractivity contribution < 1.29 is 40.6 Å². The number of allylic oxidation sites excluding steroid dienone is 2. The molecule has 0 spiro atoms. The zero-order valence-corrected chi connectivity index (χ0v) is 20.1. The minimum atomic E-state index is -5.22. The molecule has 198 valence electrons. The minimum Gasteiger partial charge on any atom is -0.399 e. The highest BCUT2D eigenvalue weighted by atomic mass is 19.4. The molecule has 0 N–H and O–H groups in total. The smallest absolute Gasteiger partial charge is 0.399 e.